The number of rotatable bonds is 6. The molecule has 2 rings (SSSR count). The molecule has 0 saturated carbocycles. The first-order valence-electron chi connectivity index (χ1n) is 8.07. The first-order valence-corrected chi connectivity index (χ1v) is 9.05. The van der Waals surface area contributed by atoms with Gasteiger partial charge in [0.05, 0.1) is 47.6 Å². The quantitative estimate of drug-likeness (QED) is 0.768. The van der Waals surface area contributed by atoms with Crippen LogP contribution < -0.4 is 5.32 Å². The van der Waals surface area contributed by atoms with Gasteiger partial charge in [-0.1, -0.05) is 42.1 Å². The fourth-order valence-corrected chi connectivity index (χ4v) is 3.60. The van der Waals surface area contributed by atoms with E-state index in [1.165, 1.54) is 18.9 Å². The second-order valence-electron chi connectivity index (χ2n) is 5.45. The van der Waals surface area contributed by atoms with Gasteiger partial charge in [-0.25, -0.2) is 4.79 Å². The summed E-state index contributed by atoms with van der Waals surface area (Å²) in [5.41, 5.74) is 2.18. The van der Waals surface area contributed by atoms with Gasteiger partial charge in [-0.3, -0.25) is 4.79 Å². The molecule has 1 aliphatic rings. The number of hydrogen-bond acceptors (Lipinski definition) is 7. The Bertz CT molecular complexity index is 794. The highest BCUT2D eigenvalue weighted by molar-refractivity contribution is 8.03. The summed E-state index contributed by atoms with van der Waals surface area (Å²) in [5.74, 6) is -1.35. The number of methoxy groups -OCH3 is 1. The second kappa shape index (κ2) is 9.11. The molecule has 0 aliphatic carbocycles. The number of carbonyl (C=O) groups excluding carboxylic acids is 2. The van der Waals surface area contributed by atoms with Gasteiger partial charge in [-0.15, -0.1) is 0 Å². The van der Waals surface area contributed by atoms with E-state index in [1.807, 2.05) is 30.3 Å². The minimum absolute atomic E-state index is 0.0630. The number of benzene rings is 1. The average molecular weight is 372 g/mol. The summed E-state index contributed by atoms with van der Waals surface area (Å²) in [6, 6.07) is 11.5. The van der Waals surface area contributed by atoms with Crippen molar-refractivity contribution in [2.45, 2.75) is 19.8 Å². The predicted molar refractivity (Wildman–Crippen MR) is 98.8 cm³/mol. The lowest BCUT2D eigenvalue weighted by atomic mass is 9.82. The van der Waals surface area contributed by atoms with Crippen LogP contribution in [0.3, 0.4) is 0 Å². The molecule has 0 fully saturated rings. The van der Waals surface area contributed by atoms with Gasteiger partial charge < -0.3 is 14.8 Å². The molecule has 136 valence electrons. The van der Waals surface area contributed by atoms with Crippen LogP contribution >= 0.6 is 11.8 Å². The van der Waals surface area contributed by atoms with Gasteiger partial charge in [0, 0.05) is 5.70 Å². The highest BCUT2D eigenvalue weighted by Gasteiger charge is 2.35. The Morgan fingerprint density at radius 3 is 2.58 bits per heavy atom. The number of nitriles is 1. The molecule has 26 heavy (non-hydrogen) atoms. The number of allylic oxidation sites excluding steroid dienone is 2. The van der Waals surface area contributed by atoms with Crippen LogP contribution in [0.4, 0.5) is 0 Å². The highest BCUT2D eigenvalue weighted by Crippen LogP contribution is 2.40. The van der Waals surface area contributed by atoms with E-state index >= 15 is 0 Å². The summed E-state index contributed by atoms with van der Waals surface area (Å²) in [5, 5.41) is 13.4. The number of thioether (sulfide) groups is 1. The summed E-state index contributed by atoms with van der Waals surface area (Å²) in [4.78, 5) is 24.0. The summed E-state index contributed by atoms with van der Waals surface area (Å²) in [6.45, 7) is 3.74. The summed E-state index contributed by atoms with van der Waals surface area (Å²) < 4.78 is 9.86. The maximum Gasteiger partial charge on any atom is 0.336 e. The first kappa shape index (κ1) is 19.6. The van der Waals surface area contributed by atoms with Crippen molar-refractivity contribution >= 4 is 23.7 Å². The predicted octanol–water partition coefficient (Wildman–Crippen LogP) is 2.85. The summed E-state index contributed by atoms with van der Waals surface area (Å²) in [7, 11) is 1.31. The molecule has 0 aromatic heterocycles. The van der Waals surface area contributed by atoms with Crippen LogP contribution in [0.2, 0.25) is 0 Å². The Kier molecular flexibility index (Phi) is 6.87. The Labute approximate surface area is 156 Å². The van der Waals surface area contributed by atoms with Crippen molar-refractivity contribution in [1.29, 1.82) is 5.26 Å². The molecular weight excluding hydrogens is 352 g/mol. The minimum atomic E-state index is -0.554. The molecule has 0 amide bonds. The van der Waals surface area contributed by atoms with Crippen LogP contribution in [0.15, 0.2) is 52.2 Å². The number of ether oxygens (including phenoxy) is 2. The van der Waals surface area contributed by atoms with E-state index in [9.17, 15) is 14.9 Å². The molecule has 0 radical (unpaired) electrons. The molecule has 1 aromatic carbocycles. The van der Waals surface area contributed by atoms with Gasteiger partial charge in [0.2, 0.25) is 0 Å². The van der Waals surface area contributed by atoms with E-state index in [0.29, 0.717) is 21.9 Å². The third kappa shape index (κ3) is 4.27. The fraction of sp³-hybridized carbons (Fsp3) is 0.316. The van der Waals surface area contributed by atoms with Crippen molar-refractivity contribution in [2.24, 2.45) is 0 Å². The highest BCUT2D eigenvalue weighted by atomic mass is 32.2. The zero-order valence-electron chi connectivity index (χ0n) is 14.9. The molecule has 0 saturated heterocycles. The normalized spacial score (nSPS) is 16.6. The van der Waals surface area contributed by atoms with Crippen LogP contribution in [0, 0.1) is 11.3 Å². The number of esters is 2. The molecule has 0 unspecified atom stereocenters. The molecule has 1 heterocycles. The second-order valence-corrected chi connectivity index (χ2v) is 6.43. The van der Waals surface area contributed by atoms with Crippen LogP contribution in [-0.2, 0) is 19.1 Å². The zero-order valence-corrected chi connectivity index (χ0v) is 15.7. The molecule has 1 N–H and O–H groups in total. The SMILES string of the molecule is CCOC(=O)C1=C(C)NC(SCC(=O)OC)=C(C#N)[C@H]1c1ccccc1. The van der Waals surface area contributed by atoms with E-state index in [0.717, 1.165) is 5.56 Å². The van der Waals surface area contributed by atoms with Crippen LogP contribution in [0.25, 0.3) is 0 Å². The van der Waals surface area contributed by atoms with Crippen LogP contribution in [0.5, 0.6) is 0 Å². The van der Waals surface area contributed by atoms with Crippen molar-refractivity contribution < 1.29 is 19.1 Å². The zero-order chi connectivity index (χ0) is 19.1. The molecule has 1 atom stereocenters. The van der Waals surface area contributed by atoms with Crippen molar-refractivity contribution in [1.82, 2.24) is 5.32 Å². The third-order valence-electron chi connectivity index (χ3n) is 3.84. The van der Waals surface area contributed by atoms with Crippen molar-refractivity contribution in [3.63, 3.8) is 0 Å². The third-order valence-corrected chi connectivity index (χ3v) is 4.83. The Morgan fingerprint density at radius 1 is 1.31 bits per heavy atom. The lowest BCUT2D eigenvalue weighted by molar-refractivity contribution is -0.139. The van der Waals surface area contributed by atoms with Gasteiger partial charge in [-0.05, 0) is 19.4 Å². The topological polar surface area (TPSA) is 88.4 Å². The Morgan fingerprint density at radius 2 is 2.00 bits per heavy atom. The van der Waals surface area contributed by atoms with Gasteiger partial charge in [-0.2, -0.15) is 5.26 Å². The molecular formula is C19H20N2O4S. The monoisotopic (exact) mass is 372 g/mol. The average Bonchev–Trinajstić information content (AvgIpc) is 2.66. The maximum atomic E-state index is 12.5. The first-order chi connectivity index (χ1) is 12.5. The van der Waals surface area contributed by atoms with Gasteiger partial charge >= 0.3 is 11.9 Å². The standard InChI is InChI=1S/C19H20N2O4S/c1-4-25-19(23)16-12(2)21-18(26-11-15(22)24-3)14(10-20)17(16)13-8-6-5-7-9-13/h5-9,17,21H,4,11H2,1-3H3/t17-/m1/s1. The van der Waals surface area contributed by atoms with E-state index in [1.54, 1.807) is 13.8 Å². The molecule has 1 aromatic rings. The lowest BCUT2D eigenvalue weighted by Crippen LogP contribution is -2.29. The fourth-order valence-electron chi connectivity index (χ4n) is 2.67. The van der Waals surface area contributed by atoms with Crippen LogP contribution in [-0.4, -0.2) is 31.4 Å². The van der Waals surface area contributed by atoms with Crippen molar-refractivity contribution in [3.05, 3.63) is 57.8 Å². The number of nitrogens with one attached hydrogen (secondary N) is 1. The number of dihydropyridines is 1. The smallest absolute Gasteiger partial charge is 0.336 e. The van der Waals surface area contributed by atoms with Crippen molar-refractivity contribution in [2.75, 3.05) is 19.5 Å². The van der Waals surface area contributed by atoms with Crippen LogP contribution in [0.1, 0.15) is 25.3 Å². The van der Waals surface area contributed by atoms with E-state index in [4.69, 9.17) is 4.74 Å². The van der Waals surface area contributed by atoms with Gasteiger partial charge in [0.15, 0.2) is 0 Å². The molecule has 0 spiro atoms. The summed E-state index contributed by atoms with van der Waals surface area (Å²) >= 11 is 1.18. The van der Waals surface area contributed by atoms with Crippen molar-refractivity contribution in [3.8, 4) is 6.07 Å². The maximum absolute atomic E-state index is 12.5. The Balaban J connectivity index is 2.51. The molecule has 0 bridgehead atoms. The van der Waals surface area contributed by atoms with Gasteiger partial charge in [0.1, 0.15) is 0 Å². The number of nitrogens with zero attached hydrogens (tertiary/aromatic N) is 1. The summed E-state index contributed by atoms with van der Waals surface area (Å²) in [6.07, 6.45) is 0. The number of hydrogen-bond donors (Lipinski definition) is 1. The van der Waals surface area contributed by atoms with Gasteiger partial charge in [0.25, 0.3) is 0 Å². The molecule has 6 nitrogen and oxygen atoms in total. The minimum Gasteiger partial charge on any atom is -0.468 e. The lowest BCUT2D eigenvalue weighted by Gasteiger charge is -2.29. The van der Waals surface area contributed by atoms with E-state index in [-0.39, 0.29) is 12.4 Å². The molecule has 7 heteroatoms. The number of carbonyl (C=O) groups is 2. The largest absolute Gasteiger partial charge is 0.468 e. The van der Waals surface area contributed by atoms with E-state index < -0.39 is 17.9 Å². The Hall–Kier alpha value is -2.72. The van der Waals surface area contributed by atoms with E-state index in [2.05, 4.69) is 16.1 Å². The molecule has 1 aliphatic heterocycles.